The van der Waals surface area contributed by atoms with E-state index in [0.717, 1.165) is 35.3 Å². The van der Waals surface area contributed by atoms with Crippen molar-refractivity contribution >= 4 is 11.0 Å². The van der Waals surface area contributed by atoms with Crippen LogP contribution in [0.4, 0.5) is 0 Å². The average Bonchev–Trinajstić information content (AvgIpc) is 2.66. The quantitative estimate of drug-likeness (QED) is 0.831. The van der Waals surface area contributed by atoms with E-state index >= 15 is 0 Å². The molecule has 0 aliphatic rings. The maximum atomic E-state index is 5.42. The fourth-order valence-corrected chi connectivity index (χ4v) is 2.01. The van der Waals surface area contributed by atoms with Crippen LogP contribution in [0.5, 0.6) is 0 Å². The molecule has 94 valence electrons. The minimum Gasteiger partial charge on any atom is -0.300 e. The van der Waals surface area contributed by atoms with Crippen LogP contribution in [0.25, 0.3) is 11.0 Å². The third-order valence-electron chi connectivity index (χ3n) is 3.08. The van der Waals surface area contributed by atoms with Gasteiger partial charge in [0.05, 0.1) is 11.7 Å². The molecule has 0 saturated heterocycles. The van der Waals surface area contributed by atoms with Crippen molar-refractivity contribution in [2.45, 2.75) is 32.9 Å². The second kappa shape index (κ2) is 5.19. The second-order valence-corrected chi connectivity index (χ2v) is 4.43. The molecule has 18 heavy (non-hydrogen) atoms. The standard InChI is InChI=1S/C14H18N4/c1-5-12(6-2)15-8-11-7-13-10(3)17-18(4)14(13)16-9-11/h1,7,9,12,15H,6,8H2,2-4H3. The Morgan fingerprint density at radius 2 is 2.33 bits per heavy atom. The molecule has 0 amide bonds. The number of fused-ring (bicyclic) bond motifs is 1. The van der Waals surface area contributed by atoms with Gasteiger partial charge in [-0.25, -0.2) is 4.98 Å². The molecule has 0 aromatic carbocycles. The zero-order valence-corrected chi connectivity index (χ0v) is 11.1. The van der Waals surface area contributed by atoms with Crippen molar-refractivity contribution in [3.05, 3.63) is 23.5 Å². The fraction of sp³-hybridized carbons (Fsp3) is 0.429. The first kappa shape index (κ1) is 12.6. The largest absolute Gasteiger partial charge is 0.300 e. The normalized spacial score (nSPS) is 12.6. The number of nitrogens with zero attached hydrogens (tertiary/aromatic N) is 3. The lowest BCUT2D eigenvalue weighted by Gasteiger charge is -2.10. The first-order valence-corrected chi connectivity index (χ1v) is 6.13. The number of hydrogen-bond acceptors (Lipinski definition) is 3. The van der Waals surface area contributed by atoms with Crippen LogP contribution < -0.4 is 5.32 Å². The molecule has 2 aromatic heterocycles. The SMILES string of the molecule is C#CC(CC)NCc1cnc2c(c1)c(C)nn2C. The van der Waals surface area contributed by atoms with Gasteiger partial charge >= 0.3 is 0 Å². The number of aromatic nitrogens is 3. The van der Waals surface area contributed by atoms with Crippen molar-refractivity contribution in [1.29, 1.82) is 0 Å². The summed E-state index contributed by atoms with van der Waals surface area (Å²) in [5.41, 5.74) is 3.05. The Hall–Kier alpha value is -1.86. The average molecular weight is 242 g/mol. The summed E-state index contributed by atoms with van der Waals surface area (Å²) in [6.45, 7) is 4.81. The van der Waals surface area contributed by atoms with E-state index in [0.29, 0.717) is 0 Å². The van der Waals surface area contributed by atoms with Gasteiger partial charge in [-0.1, -0.05) is 12.8 Å². The molecule has 1 atom stereocenters. The summed E-state index contributed by atoms with van der Waals surface area (Å²) < 4.78 is 1.80. The molecular weight excluding hydrogens is 224 g/mol. The van der Waals surface area contributed by atoms with Crippen LogP contribution in [0, 0.1) is 19.3 Å². The van der Waals surface area contributed by atoms with Gasteiger partial charge in [-0.2, -0.15) is 5.10 Å². The van der Waals surface area contributed by atoms with Crippen LogP contribution >= 0.6 is 0 Å². The van der Waals surface area contributed by atoms with Crippen LogP contribution in [-0.4, -0.2) is 20.8 Å². The molecule has 2 heterocycles. The number of aryl methyl sites for hydroxylation is 2. The predicted octanol–water partition coefficient (Wildman–Crippen LogP) is 1.78. The maximum Gasteiger partial charge on any atom is 0.157 e. The molecule has 0 aliphatic heterocycles. The van der Waals surface area contributed by atoms with Crippen LogP contribution in [0.1, 0.15) is 24.6 Å². The Morgan fingerprint density at radius 1 is 1.56 bits per heavy atom. The topological polar surface area (TPSA) is 42.7 Å². The van der Waals surface area contributed by atoms with E-state index in [-0.39, 0.29) is 6.04 Å². The number of rotatable bonds is 4. The molecule has 0 radical (unpaired) electrons. The first-order valence-electron chi connectivity index (χ1n) is 6.13. The van der Waals surface area contributed by atoms with Crippen molar-refractivity contribution in [3.63, 3.8) is 0 Å². The van der Waals surface area contributed by atoms with Crippen molar-refractivity contribution in [1.82, 2.24) is 20.1 Å². The van der Waals surface area contributed by atoms with Crippen molar-refractivity contribution in [2.75, 3.05) is 0 Å². The lowest BCUT2D eigenvalue weighted by Crippen LogP contribution is -2.26. The monoisotopic (exact) mass is 242 g/mol. The van der Waals surface area contributed by atoms with Gasteiger partial charge in [-0.3, -0.25) is 10.00 Å². The highest BCUT2D eigenvalue weighted by Gasteiger charge is 2.07. The van der Waals surface area contributed by atoms with E-state index in [1.165, 1.54) is 0 Å². The highest BCUT2D eigenvalue weighted by molar-refractivity contribution is 5.78. The molecule has 4 nitrogen and oxygen atoms in total. The van der Waals surface area contributed by atoms with Gasteiger partial charge in [0.1, 0.15) is 0 Å². The third-order valence-corrected chi connectivity index (χ3v) is 3.08. The number of pyridine rings is 1. The lowest BCUT2D eigenvalue weighted by molar-refractivity contribution is 0.592. The zero-order valence-electron chi connectivity index (χ0n) is 11.1. The lowest BCUT2D eigenvalue weighted by atomic mass is 10.2. The van der Waals surface area contributed by atoms with E-state index in [1.54, 1.807) is 4.68 Å². The Labute approximate surface area is 107 Å². The van der Waals surface area contributed by atoms with Crippen molar-refractivity contribution in [3.8, 4) is 12.3 Å². The molecule has 0 spiro atoms. The number of hydrogen-bond donors (Lipinski definition) is 1. The summed E-state index contributed by atoms with van der Waals surface area (Å²) in [7, 11) is 1.91. The molecule has 0 fully saturated rings. The maximum absolute atomic E-state index is 5.42. The van der Waals surface area contributed by atoms with E-state index in [1.807, 2.05) is 20.2 Å². The summed E-state index contributed by atoms with van der Waals surface area (Å²) in [4.78, 5) is 4.44. The molecule has 2 aromatic rings. The Morgan fingerprint density at radius 3 is 3.00 bits per heavy atom. The van der Waals surface area contributed by atoms with Crippen LogP contribution in [0.15, 0.2) is 12.3 Å². The van der Waals surface area contributed by atoms with E-state index < -0.39 is 0 Å². The van der Waals surface area contributed by atoms with Crippen LogP contribution in [-0.2, 0) is 13.6 Å². The molecule has 1 N–H and O–H groups in total. The Kier molecular flexibility index (Phi) is 3.63. The Balaban J connectivity index is 2.20. The summed E-state index contributed by atoms with van der Waals surface area (Å²) in [6, 6.07) is 2.25. The molecule has 0 bridgehead atoms. The second-order valence-electron chi connectivity index (χ2n) is 4.43. The van der Waals surface area contributed by atoms with E-state index in [4.69, 9.17) is 6.42 Å². The highest BCUT2D eigenvalue weighted by Crippen LogP contribution is 2.16. The van der Waals surface area contributed by atoms with E-state index in [2.05, 4.69) is 34.3 Å². The highest BCUT2D eigenvalue weighted by atomic mass is 15.3. The summed E-state index contributed by atoms with van der Waals surface area (Å²) in [6.07, 6.45) is 8.23. The molecule has 1 unspecified atom stereocenters. The number of nitrogens with one attached hydrogen (secondary N) is 1. The molecular formula is C14H18N4. The van der Waals surface area contributed by atoms with Gasteiger partial charge in [-0.05, 0) is 25.0 Å². The first-order chi connectivity index (χ1) is 8.65. The summed E-state index contributed by atoms with van der Waals surface area (Å²) in [5.74, 6) is 2.73. The third kappa shape index (κ3) is 2.36. The van der Waals surface area contributed by atoms with Crippen molar-refractivity contribution < 1.29 is 0 Å². The van der Waals surface area contributed by atoms with E-state index in [9.17, 15) is 0 Å². The number of terminal acetylenes is 1. The van der Waals surface area contributed by atoms with Gasteiger partial charge in [0.2, 0.25) is 0 Å². The molecule has 2 rings (SSSR count). The van der Waals surface area contributed by atoms with Gasteiger partial charge in [-0.15, -0.1) is 6.42 Å². The van der Waals surface area contributed by atoms with Gasteiger partial charge in [0, 0.05) is 25.2 Å². The molecule has 0 aliphatic carbocycles. The zero-order chi connectivity index (χ0) is 13.1. The Bertz CT molecular complexity index is 592. The molecule has 4 heteroatoms. The minimum absolute atomic E-state index is 0.121. The predicted molar refractivity (Wildman–Crippen MR) is 73.0 cm³/mol. The summed E-state index contributed by atoms with van der Waals surface area (Å²) >= 11 is 0. The smallest absolute Gasteiger partial charge is 0.157 e. The fourth-order valence-electron chi connectivity index (χ4n) is 2.01. The van der Waals surface area contributed by atoms with Crippen LogP contribution in [0.3, 0.4) is 0 Å². The summed E-state index contributed by atoms with van der Waals surface area (Å²) in [5, 5.41) is 8.79. The van der Waals surface area contributed by atoms with Gasteiger partial charge in [0.25, 0.3) is 0 Å². The minimum atomic E-state index is 0.121. The van der Waals surface area contributed by atoms with Crippen molar-refractivity contribution in [2.24, 2.45) is 7.05 Å². The van der Waals surface area contributed by atoms with Gasteiger partial charge in [0.15, 0.2) is 5.65 Å². The molecule has 0 saturated carbocycles. The van der Waals surface area contributed by atoms with Crippen LogP contribution in [0.2, 0.25) is 0 Å². The van der Waals surface area contributed by atoms with Gasteiger partial charge < -0.3 is 0 Å².